The Hall–Kier alpha value is -1.62. The molecule has 0 saturated heterocycles. The van der Waals surface area contributed by atoms with E-state index < -0.39 is 0 Å². The van der Waals surface area contributed by atoms with E-state index in [4.69, 9.17) is 22.2 Å². The molecule has 0 bridgehead atoms. The molecule has 1 aromatic carbocycles. The van der Waals surface area contributed by atoms with Gasteiger partial charge in [0, 0.05) is 6.20 Å². The topological polar surface area (TPSA) is 60.2 Å². The molecule has 2 rings (SSSR count). The molecule has 0 saturated carbocycles. The van der Waals surface area contributed by atoms with Crippen molar-refractivity contribution in [2.75, 3.05) is 7.11 Å². The van der Waals surface area contributed by atoms with E-state index in [-0.39, 0.29) is 6.04 Å². The fourth-order valence-corrected chi connectivity index (χ4v) is 1.84. The van der Waals surface area contributed by atoms with Gasteiger partial charge in [-0.2, -0.15) is 0 Å². The Morgan fingerprint density at radius 1 is 1.33 bits per heavy atom. The van der Waals surface area contributed by atoms with E-state index in [2.05, 4.69) is 10.4 Å². The van der Waals surface area contributed by atoms with Crippen molar-refractivity contribution >= 4 is 11.6 Å². The second-order valence-electron chi connectivity index (χ2n) is 3.78. The summed E-state index contributed by atoms with van der Waals surface area (Å²) < 4.78 is 5.19. The molecule has 0 aliphatic rings. The Labute approximate surface area is 111 Å². The standard InChI is InChI=1S/C13H14ClN3O/c1-18-11-4-2-3-9(7-11)13(17-15)12-6-5-10(14)8-16-12/h2-8,13,17H,15H2,1H3. The van der Waals surface area contributed by atoms with Gasteiger partial charge in [0.2, 0.25) is 0 Å². The Bertz CT molecular complexity index is 516. The number of hydrazine groups is 1. The third-order valence-corrected chi connectivity index (χ3v) is 2.86. The molecule has 0 spiro atoms. The summed E-state index contributed by atoms with van der Waals surface area (Å²) in [6, 6.07) is 11.1. The van der Waals surface area contributed by atoms with Crippen molar-refractivity contribution in [2.24, 2.45) is 5.84 Å². The van der Waals surface area contributed by atoms with Crippen LogP contribution >= 0.6 is 11.6 Å². The van der Waals surface area contributed by atoms with Crippen molar-refractivity contribution in [1.29, 1.82) is 0 Å². The number of pyridine rings is 1. The molecule has 0 aliphatic carbocycles. The van der Waals surface area contributed by atoms with Crippen LogP contribution in [0.1, 0.15) is 17.3 Å². The summed E-state index contributed by atoms with van der Waals surface area (Å²) in [5, 5.41) is 0.597. The molecule has 5 heteroatoms. The maximum atomic E-state index is 5.82. The highest BCUT2D eigenvalue weighted by atomic mass is 35.5. The van der Waals surface area contributed by atoms with E-state index in [9.17, 15) is 0 Å². The molecule has 1 atom stereocenters. The molecule has 0 fully saturated rings. The lowest BCUT2D eigenvalue weighted by molar-refractivity contribution is 0.413. The van der Waals surface area contributed by atoms with Crippen LogP contribution in [0.25, 0.3) is 0 Å². The van der Waals surface area contributed by atoms with Crippen LogP contribution in [0.4, 0.5) is 0 Å². The van der Waals surface area contributed by atoms with Crippen LogP contribution in [0.2, 0.25) is 5.02 Å². The van der Waals surface area contributed by atoms with Crippen molar-refractivity contribution in [3.63, 3.8) is 0 Å². The number of rotatable bonds is 4. The Morgan fingerprint density at radius 3 is 2.78 bits per heavy atom. The summed E-state index contributed by atoms with van der Waals surface area (Å²) in [7, 11) is 1.63. The summed E-state index contributed by atoms with van der Waals surface area (Å²) in [6.07, 6.45) is 1.60. The largest absolute Gasteiger partial charge is 0.497 e. The first kappa shape index (κ1) is 12.8. The Kier molecular flexibility index (Phi) is 4.15. The van der Waals surface area contributed by atoms with Gasteiger partial charge in [-0.3, -0.25) is 10.8 Å². The maximum absolute atomic E-state index is 5.82. The zero-order chi connectivity index (χ0) is 13.0. The van der Waals surface area contributed by atoms with E-state index >= 15 is 0 Å². The number of nitrogens with two attached hydrogens (primary N) is 1. The van der Waals surface area contributed by atoms with Crippen LogP contribution in [-0.4, -0.2) is 12.1 Å². The zero-order valence-corrected chi connectivity index (χ0v) is 10.7. The summed E-state index contributed by atoms with van der Waals surface area (Å²) in [5.74, 6) is 6.38. The second kappa shape index (κ2) is 5.82. The number of hydrogen-bond acceptors (Lipinski definition) is 4. The second-order valence-corrected chi connectivity index (χ2v) is 4.21. The molecule has 4 nitrogen and oxygen atoms in total. The van der Waals surface area contributed by atoms with Gasteiger partial charge in [-0.25, -0.2) is 5.43 Å². The molecule has 1 heterocycles. The number of nitrogens with one attached hydrogen (secondary N) is 1. The van der Waals surface area contributed by atoms with Gasteiger partial charge in [0.15, 0.2) is 0 Å². The van der Waals surface area contributed by atoms with Crippen LogP contribution in [-0.2, 0) is 0 Å². The van der Waals surface area contributed by atoms with Crippen molar-refractivity contribution in [3.05, 3.63) is 58.9 Å². The van der Waals surface area contributed by atoms with E-state index in [0.29, 0.717) is 5.02 Å². The maximum Gasteiger partial charge on any atom is 0.119 e. The van der Waals surface area contributed by atoms with Crippen LogP contribution in [0.5, 0.6) is 5.75 Å². The first-order chi connectivity index (χ1) is 8.74. The summed E-state index contributed by atoms with van der Waals surface area (Å²) in [6.45, 7) is 0. The highest BCUT2D eigenvalue weighted by Crippen LogP contribution is 2.23. The van der Waals surface area contributed by atoms with Gasteiger partial charge in [-0.15, -0.1) is 0 Å². The minimum atomic E-state index is -0.197. The minimum Gasteiger partial charge on any atom is -0.497 e. The first-order valence-electron chi connectivity index (χ1n) is 5.46. The fourth-order valence-electron chi connectivity index (χ4n) is 1.73. The lowest BCUT2D eigenvalue weighted by Gasteiger charge is -2.16. The highest BCUT2D eigenvalue weighted by Gasteiger charge is 2.14. The minimum absolute atomic E-state index is 0.197. The molecule has 0 aliphatic heterocycles. The van der Waals surface area contributed by atoms with Gasteiger partial charge in [0.1, 0.15) is 5.75 Å². The quantitative estimate of drug-likeness (QED) is 0.656. The fraction of sp³-hybridized carbons (Fsp3) is 0.154. The van der Waals surface area contributed by atoms with Gasteiger partial charge in [-0.1, -0.05) is 23.7 Å². The van der Waals surface area contributed by atoms with Crippen LogP contribution in [0.15, 0.2) is 42.6 Å². The Balaban J connectivity index is 2.35. The summed E-state index contributed by atoms with van der Waals surface area (Å²) in [4.78, 5) is 4.27. The molecule has 1 aromatic heterocycles. The van der Waals surface area contributed by atoms with E-state index in [1.807, 2.05) is 30.3 Å². The van der Waals surface area contributed by atoms with Crippen molar-refractivity contribution in [2.45, 2.75) is 6.04 Å². The van der Waals surface area contributed by atoms with Crippen LogP contribution < -0.4 is 16.0 Å². The van der Waals surface area contributed by atoms with E-state index in [0.717, 1.165) is 17.0 Å². The van der Waals surface area contributed by atoms with Gasteiger partial charge in [-0.05, 0) is 29.8 Å². The molecule has 18 heavy (non-hydrogen) atoms. The number of methoxy groups -OCH3 is 1. The average molecular weight is 264 g/mol. The lowest BCUT2D eigenvalue weighted by Crippen LogP contribution is -2.29. The highest BCUT2D eigenvalue weighted by molar-refractivity contribution is 6.30. The molecule has 2 aromatic rings. The molecule has 0 amide bonds. The lowest BCUT2D eigenvalue weighted by atomic mass is 10.0. The molecular formula is C13H14ClN3O. The molecular weight excluding hydrogens is 250 g/mol. The third-order valence-electron chi connectivity index (χ3n) is 2.64. The Morgan fingerprint density at radius 2 is 2.17 bits per heavy atom. The molecule has 0 radical (unpaired) electrons. The number of hydrogen-bond donors (Lipinski definition) is 2. The van der Waals surface area contributed by atoms with Crippen molar-refractivity contribution in [1.82, 2.24) is 10.4 Å². The third kappa shape index (κ3) is 2.79. The number of nitrogens with zero attached hydrogens (tertiary/aromatic N) is 1. The molecule has 94 valence electrons. The first-order valence-corrected chi connectivity index (χ1v) is 5.84. The monoisotopic (exact) mass is 263 g/mol. The smallest absolute Gasteiger partial charge is 0.119 e. The van der Waals surface area contributed by atoms with Crippen molar-refractivity contribution < 1.29 is 4.74 Å². The predicted octanol–water partition coefficient (Wildman–Crippen LogP) is 2.30. The molecule has 3 N–H and O–H groups in total. The average Bonchev–Trinajstić information content (AvgIpc) is 2.42. The van der Waals surface area contributed by atoms with Gasteiger partial charge < -0.3 is 4.74 Å². The molecule has 1 unspecified atom stereocenters. The summed E-state index contributed by atoms with van der Waals surface area (Å²) >= 11 is 5.82. The van der Waals surface area contributed by atoms with E-state index in [1.54, 1.807) is 19.4 Å². The number of benzene rings is 1. The van der Waals surface area contributed by atoms with Gasteiger partial charge in [0.05, 0.1) is 23.9 Å². The zero-order valence-electron chi connectivity index (χ0n) is 9.93. The van der Waals surface area contributed by atoms with Crippen LogP contribution in [0, 0.1) is 0 Å². The van der Waals surface area contributed by atoms with Crippen LogP contribution in [0.3, 0.4) is 0 Å². The number of ether oxygens (including phenoxy) is 1. The van der Waals surface area contributed by atoms with Crippen molar-refractivity contribution in [3.8, 4) is 5.75 Å². The number of halogens is 1. The summed E-state index contributed by atoms with van der Waals surface area (Å²) in [5.41, 5.74) is 4.52. The van der Waals surface area contributed by atoms with Gasteiger partial charge >= 0.3 is 0 Å². The normalized spacial score (nSPS) is 12.2. The number of aromatic nitrogens is 1. The van der Waals surface area contributed by atoms with E-state index in [1.165, 1.54) is 0 Å². The predicted molar refractivity (Wildman–Crippen MR) is 71.4 cm³/mol. The van der Waals surface area contributed by atoms with Gasteiger partial charge in [0.25, 0.3) is 0 Å². The SMILES string of the molecule is COc1cccc(C(NN)c2ccc(Cl)cn2)c1.